The van der Waals surface area contributed by atoms with Crippen molar-refractivity contribution in [3.8, 4) is 11.5 Å². The minimum atomic E-state index is 0.849. The average molecular weight is 223 g/mol. The molecule has 0 saturated carbocycles. The highest BCUT2D eigenvalue weighted by Gasteiger charge is 2.05. The maximum atomic E-state index is 5.25. The lowest BCUT2D eigenvalue weighted by atomic mass is 10.2. The van der Waals surface area contributed by atoms with Gasteiger partial charge in [0.2, 0.25) is 0 Å². The Bertz CT molecular complexity index is 299. The van der Waals surface area contributed by atoms with Crippen LogP contribution >= 0.6 is 0 Å². The van der Waals surface area contributed by atoms with E-state index in [4.69, 9.17) is 9.47 Å². The fraction of sp³-hybridized carbons (Fsp3) is 0.538. The molecule has 1 rings (SSSR count). The summed E-state index contributed by atoms with van der Waals surface area (Å²) in [7, 11) is 3.35. The molecular weight excluding hydrogens is 202 g/mol. The third-order valence-corrected chi connectivity index (χ3v) is 2.71. The molecule has 0 heterocycles. The van der Waals surface area contributed by atoms with Crippen LogP contribution in [-0.2, 0) is 6.54 Å². The lowest BCUT2D eigenvalue weighted by Gasteiger charge is -2.18. The largest absolute Gasteiger partial charge is 0.497 e. The van der Waals surface area contributed by atoms with Crippen LogP contribution in [0.1, 0.15) is 19.4 Å². The van der Waals surface area contributed by atoms with Crippen molar-refractivity contribution < 1.29 is 9.47 Å². The Hall–Kier alpha value is -1.22. The van der Waals surface area contributed by atoms with Crippen molar-refractivity contribution in [2.45, 2.75) is 20.4 Å². The molecule has 0 spiro atoms. The first kappa shape index (κ1) is 12.8. The zero-order valence-corrected chi connectivity index (χ0v) is 10.6. The fourth-order valence-electron chi connectivity index (χ4n) is 1.66. The van der Waals surface area contributed by atoms with Gasteiger partial charge >= 0.3 is 0 Å². The normalized spacial score (nSPS) is 10.6. The Morgan fingerprint density at radius 3 is 1.81 bits per heavy atom. The predicted molar refractivity (Wildman–Crippen MR) is 66.2 cm³/mol. The summed E-state index contributed by atoms with van der Waals surface area (Å²) in [5.74, 6) is 1.70. The number of nitrogens with zero attached hydrogens (tertiary/aromatic N) is 1. The molecular formula is C13H21NO2. The van der Waals surface area contributed by atoms with Gasteiger partial charge in [-0.2, -0.15) is 0 Å². The van der Waals surface area contributed by atoms with E-state index in [2.05, 4.69) is 30.9 Å². The van der Waals surface area contributed by atoms with Gasteiger partial charge in [0.1, 0.15) is 11.5 Å². The Balaban J connectivity index is 2.85. The van der Waals surface area contributed by atoms with Crippen LogP contribution in [0.3, 0.4) is 0 Å². The average Bonchev–Trinajstić information content (AvgIpc) is 2.35. The third kappa shape index (κ3) is 3.42. The van der Waals surface area contributed by atoms with E-state index in [0.717, 1.165) is 31.1 Å². The van der Waals surface area contributed by atoms with Crippen LogP contribution in [0, 0.1) is 0 Å². The number of hydrogen-bond acceptors (Lipinski definition) is 3. The summed E-state index contributed by atoms with van der Waals surface area (Å²) in [6.07, 6.45) is 0. The molecule has 0 N–H and O–H groups in total. The van der Waals surface area contributed by atoms with E-state index < -0.39 is 0 Å². The van der Waals surface area contributed by atoms with Crippen molar-refractivity contribution in [3.63, 3.8) is 0 Å². The van der Waals surface area contributed by atoms with Gasteiger partial charge in [-0.15, -0.1) is 0 Å². The van der Waals surface area contributed by atoms with Gasteiger partial charge in [0.15, 0.2) is 0 Å². The van der Waals surface area contributed by atoms with E-state index in [0.29, 0.717) is 0 Å². The Labute approximate surface area is 98.0 Å². The van der Waals surface area contributed by atoms with Crippen molar-refractivity contribution in [3.05, 3.63) is 23.8 Å². The summed E-state index contributed by atoms with van der Waals surface area (Å²) >= 11 is 0. The summed E-state index contributed by atoms with van der Waals surface area (Å²) in [6, 6.07) is 6.01. The second kappa shape index (κ2) is 6.38. The first-order valence-corrected chi connectivity index (χ1v) is 5.67. The fourth-order valence-corrected chi connectivity index (χ4v) is 1.66. The van der Waals surface area contributed by atoms with Gasteiger partial charge in [0, 0.05) is 12.6 Å². The number of methoxy groups -OCH3 is 2. The molecule has 3 nitrogen and oxygen atoms in total. The van der Waals surface area contributed by atoms with Crippen LogP contribution in [0.4, 0.5) is 0 Å². The topological polar surface area (TPSA) is 21.7 Å². The number of benzene rings is 1. The van der Waals surface area contributed by atoms with Crippen LogP contribution < -0.4 is 9.47 Å². The molecule has 0 unspecified atom stereocenters. The van der Waals surface area contributed by atoms with Gasteiger partial charge in [0.25, 0.3) is 0 Å². The maximum absolute atomic E-state index is 5.25. The van der Waals surface area contributed by atoms with Gasteiger partial charge in [-0.1, -0.05) is 13.8 Å². The lowest BCUT2D eigenvalue weighted by molar-refractivity contribution is 0.294. The van der Waals surface area contributed by atoms with E-state index in [1.165, 1.54) is 5.56 Å². The highest BCUT2D eigenvalue weighted by atomic mass is 16.5. The third-order valence-electron chi connectivity index (χ3n) is 2.71. The Morgan fingerprint density at radius 2 is 1.44 bits per heavy atom. The molecule has 0 aliphatic heterocycles. The Morgan fingerprint density at radius 1 is 0.938 bits per heavy atom. The van der Waals surface area contributed by atoms with Crippen molar-refractivity contribution in [2.75, 3.05) is 27.3 Å². The van der Waals surface area contributed by atoms with Crippen LogP contribution in [0.15, 0.2) is 18.2 Å². The number of hydrogen-bond donors (Lipinski definition) is 0. The molecule has 0 aliphatic carbocycles. The molecule has 0 aliphatic rings. The maximum Gasteiger partial charge on any atom is 0.122 e. The SMILES string of the molecule is CCN(CC)Cc1cc(OC)cc(OC)c1. The minimum Gasteiger partial charge on any atom is -0.497 e. The van der Waals surface area contributed by atoms with E-state index in [9.17, 15) is 0 Å². The van der Waals surface area contributed by atoms with Crippen LogP contribution in [0.2, 0.25) is 0 Å². The molecule has 0 amide bonds. The molecule has 0 atom stereocenters. The van der Waals surface area contributed by atoms with Gasteiger partial charge in [-0.25, -0.2) is 0 Å². The second-order valence-electron chi connectivity index (χ2n) is 3.68. The summed E-state index contributed by atoms with van der Waals surface area (Å²) in [5, 5.41) is 0. The second-order valence-corrected chi connectivity index (χ2v) is 3.68. The van der Waals surface area contributed by atoms with E-state index in [1.807, 2.05) is 6.07 Å². The van der Waals surface area contributed by atoms with Gasteiger partial charge in [0.05, 0.1) is 14.2 Å². The van der Waals surface area contributed by atoms with Crippen LogP contribution in [-0.4, -0.2) is 32.2 Å². The quantitative estimate of drug-likeness (QED) is 0.739. The van der Waals surface area contributed by atoms with Crippen molar-refractivity contribution in [1.82, 2.24) is 4.90 Å². The number of rotatable bonds is 6. The highest BCUT2D eigenvalue weighted by Crippen LogP contribution is 2.23. The van der Waals surface area contributed by atoms with E-state index in [-0.39, 0.29) is 0 Å². The van der Waals surface area contributed by atoms with Gasteiger partial charge in [-0.05, 0) is 30.8 Å². The van der Waals surface area contributed by atoms with Gasteiger partial charge in [-0.3, -0.25) is 4.90 Å². The van der Waals surface area contributed by atoms with Crippen LogP contribution in [0.5, 0.6) is 11.5 Å². The lowest BCUT2D eigenvalue weighted by Crippen LogP contribution is -2.22. The number of ether oxygens (including phenoxy) is 2. The molecule has 0 radical (unpaired) electrons. The molecule has 16 heavy (non-hydrogen) atoms. The first-order chi connectivity index (χ1) is 7.73. The van der Waals surface area contributed by atoms with Crippen molar-refractivity contribution in [1.29, 1.82) is 0 Å². The van der Waals surface area contributed by atoms with E-state index in [1.54, 1.807) is 14.2 Å². The summed E-state index contributed by atoms with van der Waals surface area (Å²) in [6.45, 7) is 7.37. The molecule has 0 aromatic heterocycles. The first-order valence-electron chi connectivity index (χ1n) is 5.67. The highest BCUT2D eigenvalue weighted by molar-refractivity contribution is 5.38. The summed E-state index contributed by atoms with van der Waals surface area (Å²) in [5.41, 5.74) is 1.22. The molecule has 0 saturated heterocycles. The smallest absolute Gasteiger partial charge is 0.122 e. The monoisotopic (exact) mass is 223 g/mol. The Kier molecular flexibility index (Phi) is 5.12. The summed E-state index contributed by atoms with van der Waals surface area (Å²) < 4.78 is 10.5. The molecule has 3 heteroatoms. The summed E-state index contributed by atoms with van der Waals surface area (Å²) in [4.78, 5) is 2.36. The standard InChI is InChI=1S/C13H21NO2/c1-5-14(6-2)10-11-7-12(15-3)9-13(8-11)16-4/h7-9H,5-6,10H2,1-4H3. The molecule has 1 aromatic carbocycles. The van der Waals surface area contributed by atoms with Gasteiger partial charge < -0.3 is 9.47 Å². The molecule has 1 aromatic rings. The van der Waals surface area contributed by atoms with Crippen molar-refractivity contribution in [2.24, 2.45) is 0 Å². The van der Waals surface area contributed by atoms with E-state index >= 15 is 0 Å². The molecule has 90 valence electrons. The molecule has 0 bridgehead atoms. The minimum absolute atomic E-state index is 0.849. The molecule has 0 fully saturated rings. The zero-order chi connectivity index (χ0) is 12.0. The predicted octanol–water partition coefficient (Wildman–Crippen LogP) is 2.55. The zero-order valence-electron chi connectivity index (χ0n) is 10.6. The van der Waals surface area contributed by atoms with Crippen LogP contribution in [0.25, 0.3) is 0 Å². The van der Waals surface area contributed by atoms with Crippen molar-refractivity contribution >= 4 is 0 Å².